The van der Waals surface area contributed by atoms with Crippen LogP contribution in [0.5, 0.6) is 0 Å². The van der Waals surface area contributed by atoms with Crippen molar-refractivity contribution >= 4 is 11.3 Å². The number of nitrogens with zero attached hydrogens (tertiary/aromatic N) is 3. The molecule has 16 heavy (non-hydrogen) atoms. The van der Waals surface area contributed by atoms with Gasteiger partial charge in [-0.3, -0.25) is 4.68 Å². The third-order valence-corrected chi connectivity index (χ3v) is 3.34. The molecule has 0 radical (unpaired) electrons. The first-order valence-corrected chi connectivity index (χ1v) is 6.26. The minimum absolute atomic E-state index is 0.312. The van der Waals surface area contributed by atoms with Crippen LogP contribution in [-0.2, 0) is 7.05 Å². The lowest BCUT2D eigenvalue weighted by Gasteiger charge is -2.07. The molecule has 0 amide bonds. The highest BCUT2D eigenvalue weighted by Gasteiger charge is 2.10. The molecule has 4 nitrogen and oxygen atoms in total. The Bertz CT molecular complexity index is 460. The van der Waals surface area contributed by atoms with Gasteiger partial charge in [-0.2, -0.15) is 5.10 Å². The van der Waals surface area contributed by atoms with Gasteiger partial charge in [-0.05, 0) is 13.5 Å². The van der Waals surface area contributed by atoms with Crippen LogP contribution in [0.15, 0.2) is 17.8 Å². The first kappa shape index (κ1) is 11.3. The zero-order chi connectivity index (χ0) is 11.5. The van der Waals surface area contributed by atoms with Crippen molar-refractivity contribution in [1.82, 2.24) is 20.1 Å². The van der Waals surface area contributed by atoms with Crippen LogP contribution in [0.3, 0.4) is 0 Å². The summed E-state index contributed by atoms with van der Waals surface area (Å²) in [6.45, 7) is 5.19. The van der Waals surface area contributed by atoms with Gasteiger partial charge in [0.2, 0.25) is 0 Å². The average Bonchev–Trinajstić information content (AvgIpc) is 2.85. The minimum atomic E-state index is 0.312. The normalized spacial score (nSPS) is 12.9. The number of hydrogen-bond acceptors (Lipinski definition) is 4. The fraction of sp³-hybridized carbons (Fsp3) is 0.455. The Kier molecular flexibility index (Phi) is 3.36. The van der Waals surface area contributed by atoms with Crippen molar-refractivity contribution < 1.29 is 0 Å². The summed E-state index contributed by atoms with van der Waals surface area (Å²) in [4.78, 5) is 4.62. The monoisotopic (exact) mass is 236 g/mol. The van der Waals surface area contributed by atoms with Crippen LogP contribution >= 0.6 is 11.3 Å². The van der Waals surface area contributed by atoms with Crippen LogP contribution in [0.25, 0.3) is 10.6 Å². The topological polar surface area (TPSA) is 42.7 Å². The highest BCUT2D eigenvalue weighted by molar-refractivity contribution is 7.13. The van der Waals surface area contributed by atoms with E-state index in [1.807, 2.05) is 19.4 Å². The lowest BCUT2D eigenvalue weighted by molar-refractivity contribution is 0.587. The van der Waals surface area contributed by atoms with Crippen LogP contribution in [-0.4, -0.2) is 21.3 Å². The SMILES string of the molecule is CCNC(C)c1csc(-c2cnn(C)c2)n1. The van der Waals surface area contributed by atoms with E-state index >= 15 is 0 Å². The number of nitrogens with one attached hydrogen (secondary N) is 1. The number of rotatable bonds is 4. The van der Waals surface area contributed by atoms with Crippen molar-refractivity contribution in [3.05, 3.63) is 23.5 Å². The van der Waals surface area contributed by atoms with Gasteiger partial charge >= 0.3 is 0 Å². The maximum absolute atomic E-state index is 4.62. The molecule has 0 spiro atoms. The third kappa shape index (κ3) is 2.31. The number of thiazole rings is 1. The van der Waals surface area contributed by atoms with E-state index in [-0.39, 0.29) is 0 Å². The first-order chi connectivity index (χ1) is 7.70. The molecule has 0 saturated heterocycles. The molecule has 1 N–H and O–H groups in total. The molecule has 2 rings (SSSR count). The number of hydrogen-bond donors (Lipinski definition) is 1. The van der Waals surface area contributed by atoms with Gasteiger partial charge in [0.05, 0.1) is 11.9 Å². The predicted molar refractivity (Wildman–Crippen MR) is 66.4 cm³/mol. The molecule has 5 heteroatoms. The van der Waals surface area contributed by atoms with E-state index < -0.39 is 0 Å². The van der Waals surface area contributed by atoms with Gasteiger partial charge in [-0.15, -0.1) is 11.3 Å². The Balaban J connectivity index is 2.19. The van der Waals surface area contributed by atoms with E-state index in [9.17, 15) is 0 Å². The second-order valence-corrected chi connectivity index (χ2v) is 4.62. The van der Waals surface area contributed by atoms with E-state index in [4.69, 9.17) is 0 Å². The zero-order valence-electron chi connectivity index (χ0n) is 9.77. The van der Waals surface area contributed by atoms with Crippen molar-refractivity contribution in [2.75, 3.05) is 6.54 Å². The summed E-state index contributed by atoms with van der Waals surface area (Å²) in [6.07, 6.45) is 3.83. The Labute approximate surface area is 99.3 Å². The highest BCUT2D eigenvalue weighted by Crippen LogP contribution is 2.25. The van der Waals surface area contributed by atoms with Crippen LogP contribution < -0.4 is 5.32 Å². The summed E-state index contributed by atoms with van der Waals surface area (Å²) in [6, 6.07) is 0.312. The summed E-state index contributed by atoms with van der Waals surface area (Å²) < 4.78 is 1.80. The molecule has 0 saturated carbocycles. The van der Waals surface area contributed by atoms with Gasteiger partial charge < -0.3 is 5.32 Å². The molecule has 0 bridgehead atoms. The summed E-state index contributed by atoms with van der Waals surface area (Å²) >= 11 is 1.67. The van der Waals surface area contributed by atoms with Crippen molar-refractivity contribution in [3.63, 3.8) is 0 Å². The second-order valence-electron chi connectivity index (χ2n) is 3.76. The molecular formula is C11H16N4S. The predicted octanol–water partition coefficient (Wildman–Crippen LogP) is 2.21. The Morgan fingerprint density at radius 3 is 3.00 bits per heavy atom. The van der Waals surface area contributed by atoms with Crippen LogP contribution in [0, 0.1) is 0 Å². The maximum Gasteiger partial charge on any atom is 0.126 e. The molecular weight excluding hydrogens is 220 g/mol. The van der Waals surface area contributed by atoms with Crippen molar-refractivity contribution in [3.8, 4) is 10.6 Å². The summed E-state index contributed by atoms with van der Waals surface area (Å²) in [5, 5.41) is 10.6. The first-order valence-electron chi connectivity index (χ1n) is 5.38. The van der Waals surface area contributed by atoms with Gasteiger partial charge in [-0.1, -0.05) is 6.92 Å². The Hall–Kier alpha value is -1.20. The smallest absolute Gasteiger partial charge is 0.126 e. The van der Waals surface area contributed by atoms with Crippen LogP contribution in [0.2, 0.25) is 0 Å². The van der Waals surface area contributed by atoms with Gasteiger partial charge in [-0.25, -0.2) is 4.98 Å². The average molecular weight is 236 g/mol. The molecule has 0 aromatic carbocycles. The van der Waals surface area contributed by atoms with Crippen molar-refractivity contribution in [1.29, 1.82) is 0 Å². The van der Waals surface area contributed by atoms with E-state index in [2.05, 4.69) is 34.6 Å². The molecule has 0 fully saturated rings. The van der Waals surface area contributed by atoms with Gasteiger partial charge in [0.15, 0.2) is 0 Å². The summed E-state index contributed by atoms with van der Waals surface area (Å²) in [5.41, 5.74) is 2.19. The Morgan fingerprint density at radius 1 is 1.56 bits per heavy atom. The molecule has 1 unspecified atom stereocenters. The maximum atomic E-state index is 4.62. The number of aromatic nitrogens is 3. The zero-order valence-corrected chi connectivity index (χ0v) is 10.6. The molecule has 0 aliphatic rings. The molecule has 2 aromatic rings. The van der Waals surface area contributed by atoms with E-state index in [1.165, 1.54) is 0 Å². The fourth-order valence-electron chi connectivity index (χ4n) is 1.56. The second kappa shape index (κ2) is 4.76. The molecule has 0 aliphatic heterocycles. The van der Waals surface area contributed by atoms with Gasteiger partial charge in [0.1, 0.15) is 5.01 Å². The van der Waals surface area contributed by atoms with Crippen LogP contribution in [0.1, 0.15) is 25.6 Å². The van der Waals surface area contributed by atoms with Crippen molar-refractivity contribution in [2.24, 2.45) is 7.05 Å². The van der Waals surface area contributed by atoms with Crippen LogP contribution in [0.4, 0.5) is 0 Å². The summed E-state index contributed by atoms with van der Waals surface area (Å²) in [7, 11) is 1.92. The molecule has 1 atom stereocenters. The lowest BCUT2D eigenvalue weighted by Crippen LogP contribution is -2.17. The molecule has 0 aliphatic carbocycles. The van der Waals surface area contributed by atoms with E-state index in [1.54, 1.807) is 16.0 Å². The third-order valence-electron chi connectivity index (χ3n) is 2.43. The molecule has 2 heterocycles. The number of aryl methyl sites for hydroxylation is 1. The largest absolute Gasteiger partial charge is 0.309 e. The fourth-order valence-corrected chi connectivity index (χ4v) is 2.45. The molecule has 86 valence electrons. The quantitative estimate of drug-likeness (QED) is 0.885. The summed E-state index contributed by atoms with van der Waals surface area (Å²) in [5.74, 6) is 0. The van der Waals surface area contributed by atoms with Gasteiger partial charge in [0.25, 0.3) is 0 Å². The standard InChI is InChI=1S/C11H16N4S/c1-4-12-8(2)10-7-16-11(14-10)9-5-13-15(3)6-9/h5-8,12H,4H2,1-3H3. The van der Waals surface area contributed by atoms with E-state index in [0.29, 0.717) is 6.04 Å². The minimum Gasteiger partial charge on any atom is -0.309 e. The Morgan fingerprint density at radius 2 is 2.38 bits per heavy atom. The lowest BCUT2D eigenvalue weighted by atomic mass is 10.2. The highest BCUT2D eigenvalue weighted by atomic mass is 32.1. The van der Waals surface area contributed by atoms with Crippen molar-refractivity contribution in [2.45, 2.75) is 19.9 Å². The molecule has 2 aromatic heterocycles. The van der Waals surface area contributed by atoms with Gasteiger partial charge in [0, 0.05) is 30.2 Å². The van der Waals surface area contributed by atoms with E-state index in [0.717, 1.165) is 22.8 Å².